The predicted molar refractivity (Wildman–Crippen MR) is 67.2 cm³/mol. The molecule has 0 aliphatic rings. The van der Waals surface area contributed by atoms with Gasteiger partial charge in [-0.3, -0.25) is 9.78 Å². The Kier molecular flexibility index (Phi) is 2.53. The first-order chi connectivity index (χ1) is 8.84. The molecule has 0 radical (unpaired) electrons. The molecular weight excluding hydrogens is 226 g/mol. The molecule has 2 heterocycles. The Morgan fingerprint density at radius 1 is 0.889 bits per heavy atom. The quantitative estimate of drug-likeness (QED) is 0.639. The minimum Gasteiger partial charge on any atom is -0.285 e. The number of pyridine rings is 1. The predicted octanol–water partition coefficient (Wildman–Crippen LogP) is 2.26. The number of nitrogens with zero attached hydrogens (tertiary/aromatic N) is 3. The molecule has 0 unspecified atom stereocenters. The molecule has 1 aromatic carbocycles. The summed E-state index contributed by atoms with van der Waals surface area (Å²) in [6, 6.07) is 12.6. The highest BCUT2D eigenvalue weighted by Crippen LogP contribution is 2.10. The highest BCUT2D eigenvalue weighted by Gasteiger charge is 2.12. The molecule has 86 valence electrons. The third-order valence-corrected chi connectivity index (χ3v) is 2.59. The fraction of sp³-hybridized carbons (Fsp3) is 0. The summed E-state index contributed by atoms with van der Waals surface area (Å²) in [6.07, 6.45) is 3.24. The molecule has 0 spiro atoms. The Hall–Kier alpha value is -2.62. The van der Waals surface area contributed by atoms with Gasteiger partial charge < -0.3 is 0 Å². The molecule has 0 N–H and O–H groups in total. The van der Waals surface area contributed by atoms with E-state index in [0.29, 0.717) is 16.6 Å². The van der Waals surface area contributed by atoms with Crippen molar-refractivity contribution in [1.82, 2.24) is 15.0 Å². The zero-order chi connectivity index (χ0) is 12.4. The molecule has 4 heteroatoms. The van der Waals surface area contributed by atoms with Crippen LogP contribution in [-0.2, 0) is 0 Å². The average Bonchev–Trinajstić information content (AvgIpc) is 2.47. The van der Waals surface area contributed by atoms with Crippen LogP contribution in [0.25, 0.3) is 11.0 Å². The summed E-state index contributed by atoms with van der Waals surface area (Å²) in [5, 5.41) is 0. The fourth-order valence-electron chi connectivity index (χ4n) is 1.70. The SMILES string of the molecule is O=C(c1ccccc1)c1ncc2ncccc2n1. The van der Waals surface area contributed by atoms with Crippen molar-refractivity contribution in [3.8, 4) is 0 Å². The third kappa shape index (κ3) is 1.84. The van der Waals surface area contributed by atoms with Crippen molar-refractivity contribution in [1.29, 1.82) is 0 Å². The van der Waals surface area contributed by atoms with Crippen LogP contribution in [0.15, 0.2) is 54.9 Å². The van der Waals surface area contributed by atoms with Crippen LogP contribution in [0, 0.1) is 0 Å². The van der Waals surface area contributed by atoms with Gasteiger partial charge in [0.2, 0.25) is 11.6 Å². The largest absolute Gasteiger partial charge is 0.285 e. The number of carbonyl (C=O) groups excluding carboxylic acids is 1. The van der Waals surface area contributed by atoms with Crippen LogP contribution in [0.3, 0.4) is 0 Å². The second-order valence-corrected chi connectivity index (χ2v) is 3.80. The molecule has 18 heavy (non-hydrogen) atoms. The first-order valence-electron chi connectivity index (χ1n) is 5.52. The van der Waals surface area contributed by atoms with Gasteiger partial charge in [-0.1, -0.05) is 30.3 Å². The maximum Gasteiger partial charge on any atom is 0.230 e. The van der Waals surface area contributed by atoms with Gasteiger partial charge >= 0.3 is 0 Å². The second kappa shape index (κ2) is 4.33. The van der Waals surface area contributed by atoms with E-state index in [1.807, 2.05) is 24.3 Å². The van der Waals surface area contributed by atoms with Crippen molar-refractivity contribution in [3.05, 3.63) is 66.2 Å². The summed E-state index contributed by atoms with van der Waals surface area (Å²) in [5.41, 5.74) is 1.94. The van der Waals surface area contributed by atoms with Crippen molar-refractivity contribution in [2.45, 2.75) is 0 Å². The van der Waals surface area contributed by atoms with E-state index < -0.39 is 0 Å². The van der Waals surface area contributed by atoms with E-state index in [2.05, 4.69) is 15.0 Å². The van der Waals surface area contributed by atoms with E-state index in [9.17, 15) is 4.79 Å². The minimum atomic E-state index is -0.179. The number of fused-ring (bicyclic) bond motifs is 1. The highest BCUT2D eigenvalue weighted by molar-refractivity contribution is 6.07. The lowest BCUT2D eigenvalue weighted by molar-refractivity contribution is 0.102. The Morgan fingerprint density at radius 3 is 2.56 bits per heavy atom. The molecule has 3 aromatic rings. The van der Waals surface area contributed by atoms with Gasteiger partial charge in [-0.2, -0.15) is 0 Å². The first-order valence-corrected chi connectivity index (χ1v) is 5.52. The van der Waals surface area contributed by atoms with Crippen molar-refractivity contribution in [2.75, 3.05) is 0 Å². The van der Waals surface area contributed by atoms with E-state index in [4.69, 9.17) is 0 Å². The summed E-state index contributed by atoms with van der Waals surface area (Å²) in [5.74, 6) is 0.0167. The van der Waals surface area contributed by atoms with Gasteiger partial charge in [-0.15, -0.1) is 0 Å². The van der Waals surface area contributed by atoms with Gasteiger partial charge in [0.15, 0.2) is 0 Å². The summed E-state index contributed by atoms with van der Waals surface area (Å²) in [7, 11) is 0. The molecule has 2 aromatic heterocycles. The van der Waals surface area contributed by atoms with E-state index >= 15 is 0 Å². The monoisotopic (exact) mass is 235 g/mol. The molecule has 0 amide bonds. The van der Waals surface area contributed by atoms with Gasteiger partial charge in [-0.05, 0) is 12.1 Å². The lowest BCUT2D eigenvalue weighted by Gasteiger charge is -2.00. The topological polar surface area (TPSA) is 55.7 Å². The number of benzene rings is 1. The first kappa shape index (κ1) is 10.5. The number of aromatic nitrogens is 3. The lowest BCUT2D eigenvalue weighted by Crippen LogP contribution is -2.07. The number of ketones is 1. The van der Waals surface area contributed by atoms with Gasteiger partial charge in [-0.25, -0.2) is 9.97 Å². The van der Waals surface area contributed by atoms with Crippen LogP contribution in [0.5, 0.6) is 0 Å². The minimum absolute atomic E-state index is 0.179. The Morgan fingerprint density at radius 2 is 1.72 bits per heavy atom. The second-order valence-electron chi connectivity index (χ2n) is 3.80. The fourth-order valence-corrected chi connectivity index (χ4v) is 1.70. The number of hydrogen-bond donors (Lipinski definition) is 0. The third-order valence-electron chi connectivity index (χ3n) is 2.59. The number of hydrogen-bond acceptors (Lipinski definition) is 4. The summed E-state index contributed by atoms with van der Waals surface area (Å²) < 4.78 is 0. The zero-order valence-corrected chi connectivity index (χ0v) is 9.45. The van der Waals surface area contributed by atoms with Crippen LogP contribution >= 0.6 is 0 Å². The molecule has 0 saturated heterocycles. The summed E-state index contributed by atoms with van der Waals surface area (Å²) in [6.45, 7) is 0. The smallest absolute Gasteiger partial charge is 0.230 e. The van der Waals surface area contributed by atoms with Gasteiger partial charge in [0.05, 0.1) is 11.7 Å². The van der Waals surface area contributed by atoms with Crippen molar-refractivity contribution < 1.29 is 4.79 Å². The highest BCUT2D eigenvalue weighted by atomic mass is 16.1. The molecule has 0 aliphatic heterocycles. The number of carbonyl (C=O) groups is 1. The van der Waals surface area contributed by atoms with Crippen molar-refractivity contribution in [3.63, 3.8) is 0 Å². The molecular formula is C14H9N3O. The van der Waals surface area contributed by atoms with Crippen molar-refractivity contribution >= 4 is 16.8 Å². The van der Waals surface area contributed by atoms with Crippen molar-refractivity contribution in [2.24, 2.45) is 0 Å². The maximum atomic E-state index is 12.1. The van der Waals surface area contributed by atoms with Gasteiger partial charge in [0.1, 0.15) is 5.52 Å². The Balaban J connectivity index is 2.07. The Labute approximate surface area is 103 Å². The molecule has 0 fully saturated rings. The maximum absolute atomic E-state index is 12.1. The zero-order valence-electron chi connectivity index (χ0n) is 9.45. The van der Waals surface area contributed by atoms with Gasteiger partial charge in [0, 0.05) is 11.8 Å². The van der Waals surface area contributed by atoms with Gasteiger partial charge in [0.25, 0.3) is 0 Å². The Bertz CT molecular complexity index is 710. The molecule has 0 atom stereocenters. The van der Waals surface area contributed by atoms with Crippen LogP contribution in [0.2, 0.25) is 0 Å². The normalized spacial score (nSPS) is 10.4. The van der Waals surface area contributed by atoms with E-state index in [-0.39, 0.29) is 11.6 Å². The van der Waals surface area contributed by atoms with E-state index in [1.165, 1.54) is 0 Å². The molecule has 0 aliphatic carbocycles. The standard InChI is InChI=1S/C14H9N3O/c18-13(10-5-2-1-3-6-10)14-16-9-12-11(17-14)7-4-8-15-12/h1-9H. The van der Waals surface area contributed by atoms with Crippen LogP contribution in [0.1, 0.15) is 16.2 Å². The van der Waals surface area contributed by atoms with E-state index in [0.717, 1.165) is 0 Å². The summed E-state index contributed by atoms with van der Waals surface area (Å²) in [4.78, 5) is 24.6. The van der Waals surface area contributed by atoms with Crippen LogP contribution in [-0.4, -0.2) is 20.7 Å². The molecule has 3 rings (SSSR count). The average molecular weight is 235 g/mol. The molecule has 4 nitrogen and oxygen atoms in total. The number of rotatable bonds is 2. The van der Waals surface area contributed by atoms with Crippen LogP contribution < -0.4 is 0 Å². The van der Waals surface area contributed by atoms with Crippen LogP contribution in [0.4, 0.5) is 0 Å². The molecule has 0 bridgehead atoms. The lowest BCUT2D eigenvalue weighted by atomic mass is 10.1. The van der Waals surface area contributed by atoms with E-state index in [1.54, 1.807) is 30.6 Å². The molecule has 0 saturated carbocycles. The summed E-state index contributed by atoms with van der Waals surface area (Å²) >= 11 is 0.